The van der Waals surface area contributed by atoms with Crippen molar-refractivity contribution in [3.63, 3.8) is 0 Å². The first-order valence-corrected chi connectivity index (χ1v) is 11.6. The van der Waals surface area contributed by atoms with Gasteiger partial charge in [-0.2, -0.15) is 5.26 Å². The highest BCUT2D eigenvalue weighted by Gasteiger charge is 2.19. The highest BCUT2D eigenvalue weighted by molar-refractivity contribution is 7.07. The molecule has 34 heavy (non-hydrogen) atoms. The van der Waals surface area contributed by atoms with E-state index < -0.39 is 0 Å². The van der Waals surface area contributed by atoms with Crippen LogP contribution in [-0.2, 0) is 7.05 Å². The molecule has 0 spiro atoms. The lowest BCUT2D eigenvalue weighted by Gasteiger charge is -2.11. The summed E-state index contributed by atoms with van der Waals surface area (Å²) in [7, 11) is 1.89. The summed E-state index contributed by atoms with van der Waals surface area (Å²) < 4.78 is 4.60. The van der Waals surface area contributed by atoms with Crippen molar-refractivity contribution in [1.82, 2.24) is 19.1 Å². The molecule has 6 nitrogen and oxygen atoms in total. The van der Waals surface area contributed by atoms with Gasteiger partial charge < -0.3 is 4.57 Å². The van der Waals surface area contributed by atoms with E-state index in [1.54, 1.807) is 16.8 Å². The van der Waals surface area contributed by atoms with E-state index in [2.05, 4.69) is 11.1 Å². The maximum absolute atomic E-state index is 13.8. The number of hydrogen-bond acceptors (Lipinski definition) is 5. The molecule has 0 aliphatic rings. The summed E-state index contributed by atoms with van der Waals surface area (Å²) in [6.07, 6.45) is 3.46. The maximum atomic E-state index is 13.8. The Hall–Kier alpha value is -4.28. The largest absolute Gasteiger partial charge is 0.326 e. The standard InChI is InChI=1S/C27H21N5OS/c1-17-9-8-10-18(2)24(17)32-26(33)23(15-19-11-6-7-14-29-19)34-27(32)20(16-28)25-30-21-12-4-5-13-22(21)31(25)3/h4-15H,1-3H3. The fraction of sp³-hybridized carbons (Fsp3) is 0.111. The van der Waals surface area contributed by atoms with Gasteiger partial charge in [0.15, 0.2) is 5.82 Å². The van der Waals surface area contributed by atoms with Crippen molar-refractivity contribution < 1.29 is 0 Å². The number of para-hydroxylation sites is 3. The summed E-state index contributed by atoms with van der Waals surface area (Å²) in [4.78, 5) is 22.8. The molecule has 3 heterocycles. The van der Waals surface area contributed by atoms with Gasteiger partial charge in [0.1, 0.15) is 16.3 Å². The Bertz CT molecular complexity index is 1750. The third kappa shape index (κ3) is 3.54. The summed E-state index contributed by atoms with van der Waals surface area (Å²) in [6.45, 7) is 3.94. The van der Waals surface area contributed by atoms with E-state index >= 15 is 0 Å². The van der Waals surface area contributed by atoms with E-state index in [0.717, 1.165) is 27.8 Å². The average molecular weight is 464 g/mol. The number of hydrogen-bond donors (Lipinski definition) is 0. The number of fused-ring (bicyclic) bond motifs is 1. The van der Waals surface area contributed by atoms with Crippen LogP contribution in [0.3, 0.4) is 0 Å². The number of aromatic nitrogens is 4. The summed E-state index contributed by atoms with van der Waals surface area (Å²) in [6, 6.07) is 21.6. The zero-order valence-electron chi connectivity index (χ0n) is 19.0. The topological polar surface area (TPSA) is 76.5 Å². The first kappa shape index (κ1) is 21.6. The lowest BCUT2D eigenvalue weighted by atomic mass is 10.1. The molecule has 0 aliphatic carbocycles. The zero-order valence-corrected chi connectivity index (χ0v) is 19.8. The molecule has 5 aromatic rings. The minimum atomic E-state index is -0.186. The molecule has 5 rings (SSSR count). The van der Waals surface area contributed by atoms with Crippen LogP contribution in [0.1, 0.15) is 22.6 Å². The van der Waals surface area contributed by atoms with E-state index in [0.29, 0.717) is 26.3 Å². The number of thiazole rings is 1. The van der Waals surface area contributed by atoms with E-state index in [1.165, 1.54) is 11.3 Å². The van der Waals surface area contributed by atoms with Crippen LogP contribution in [0.2, 0.25) is 0 Å². The molecule has 0 saturated carbocycles. The predicted octanol–water partition coefficient (Wildman–Crippen LogP) is 3.35. The number of rotatable bonds is 3. The van der Waals surface area contributed by atoms with Gasteiger partial charge in [0.2, 0.25) is 0 Å². The Morgan fingerprint density at radius 2 is 1.76 bits per heavy atom. The van der Waals surface area contributed by atoms with Crippen LogP contribution in [-0.4, -0.2) is 19.1 Å². The van der Waals surface area contributed by atoms with Gasteiger partial charge in [-0.05, 0) is 55.3 Å². The highest BCUT2D eigenvalue weighted by atomic mass is 32.1. The van der Waals surface area contributed by atoms with Crippen LogP contribution >= 0.6 is 11.3 Å². The van der Waals surface area contributed by atoms with Crippen LogP contribution in [0.15, 0.2) is 71.7 Å². The van der Waals surface area contributed by atoms with Crippen molar-refractivity contribution in [3.05, 3.63) is 109 Å². The molecule has 0 amide bonds. The van der Waals surface area contributed by atoms with E-state index in [4.69, 9.17) is 4.98 Å². The molecule has 0 radical (unpaired) electrons. The minimum Gasteiger partial charge on any atom is -0.326 e. The summed E-state index contributed by atoms with van der Waals surface area (Å²) in [5, 5.41) is 10.3. The Balaban J connectivity index is 1.95. The lowest BCUT2D eigenvalue weighted by Crippen LogP contribution is -2.32. The highest BCUT2D eigenvalue weighted by Crippen LogP contribution is 2.20. The van der Waals surface area contributed by atoms with Gasteiger partial charge >= 0.3 is 0 Å². The number of imidazole rings is 1. The fourth-order valence-corrected chi connectivity index (χ4v) is 5.24. The van der Waals surface area contributed by atoms with Crippen molar-refractivity contribution in [2.45, 2.75) is 13.8 Å². The van der Waals surface area contributed by atoms with Gasteiger partial charge in [-0.25, -0.2) is 4.98 Å². The second kappa shape index (κ2) is 8.58. The third-order valence-electron chi connectivity index (χ3n) is 5.79. The smallest absolute Gasteiger partial charge is 0.273 e. The first-order valence-electron chi connectivity index (χ1n) is 10.8. The number of benzene rings is 2. The van der Waals surface area contributed by atoms with Gasteiger partial charge in [-0.3, -0.25) is 14.3 Å². The van der Waals surface area contributed by atoms with Crippen LogP contribution in [0.5, 0.6) is 0 Å². The van der Waals surface area contributed by atoms with Crippen molar-refractivity contribution in [1.29, 1.82) is 5.26 Å². The molecular formula is C27H21N5OS. The normalized spacial score (nSPS) is 12.7. The van der Waals surface area contributed by atoms with Crippen molar-refractivity contribution in [3.8, 4) is 11.8 Å². The van der Waals surface area contributed by atoms with Crippen molar-refractivity contribution in [2.75, 3.05) is 0 Å². The molecule has 166 valence electrons. The summed E-state index contributed by atoms with van der Waals surface area (Å²) in [5.74, 6) is 0.523. The minimum absolute atomic E-state index is 0.186. The van der Waals surface area contributed by atoms with Crippen LogP contribution in [0.25, 0.3) is 28.4 Å². The quantitative estimate of drug-likeness (QED) is 0.411. The first-order chi connectivity index (χ1) is 16.5. The number of pyridine rings is 1. The monoisotopic (exact) mass is 463 g/mol. The molecule has 0 saturated heterocycles. The molecule has 3 aromatic heterocycles. The summed E-state index contributed by atoms with van der Waals surface area (Å²) in [5.41, 5.74) is 5.25. The molecular weight excluding hydrogens is 442 g/mol. The van der Waals surface area contributed by atoms with E-state index in [1.807, 2.05) is 86.1 Å². The zero-order chi connectivity index (χ0) is 23.8. The van der Waals surface area contributed by atoms with Gasteiger partial charge in [0, 0.05) is 13.2 Å². The van der Waals surface area contributed by atoms with Gasteiger partial charge in [-0.15, -0.1) is 11.3 Å². The average Bonchev–Trinajstić information content (AvgIpc) is 3.33. The van der Waals surface area contributed by atoms with Gasteiger partial charge in [0.25, 0.3) is 5.56 Å². The van der Waals surface area contributed by atoms with Crippen LogP contribution < -0.4 is 14.8 Å². The second-order valence-electron chi connectivity index (χ2n) is 8.02. The number of nitrogens with zero attached hydrogens (tertiary/aromatic N) is 5. The molecule has 0 N–H and O–H groups in total. The lowest BCUT2D eigenvalue weighted by molar-refractivity contribution is 0.912. The molecule has 7 heteroatoms. The molecule has 2 aromatic carbocycles. The number of aryl methyl sites for hydroxylation is 3. The molecule has 0 bridgehead atoms. The Morgan fingerprint density at radius 1 is 1.03 bits per heavy atom. The van der Waals surface area contributed by atoms with Gasteiger partial charge in [-0.1, -0.05) is 36.4 Å². The maximum Gasteiger partial charge on any atom is 0.273 e. The Kier molecular flexibility index (Phi) is 5.44. The second-order valence-corrected chi connectivity index (χ2v) is 9.05. The number of nitriles is 1. The predicted molar refractivity (Wildman–Crippen MR) is 135 cm³/mol. The van der Waals surface area contributed by atoms with Crippen LogP contribution in [0.4, 0.5) is 0 Å². The molecule has 0 aliphatic heterocycles. The fourth-order valence-electron chi connectivity index (χ4n) is 4.17. The summed E-state index contributed by atoms with van der Waals surface area (Å²) >= 11 is 1.28. The molecule has 0 unspecified atom stereocenters. The molecule has 0 atom stereocenters. The van der Waals surface area contributed by atoms with Crippen molar-refractivity contribution >= 4 is 34.0 Å². The van der Waals surface area contributed by atoms with Crippen LogP contribution in [0, 0.1) is 25.2 Å². The van der Waals surface area contributed by atoms with Gasteiger partial charge in [0.05, 0.1) is 26.9 Å². The van der Waals surface area contributed by atoms with Crippen molar-refractivity contribution in [2.24, 2.45) is 7.05 Å². The van der Waals surface area contributed by atoms with E-state index in [-0.39, 0.29) is 5.56 Å². The van der Waals surface area contributed by atoms with E-state index in [9.17, 15) is 10.1 Å². The third-order valence-corrected chi connectivity index (χ3v) is 6.88. The SMILES string of the molecule is Cc1cccc(C)c1-n1c(=C(C#N)c2nc3ccccc3n2C)sc(=Cc2ccccn2)c1=O. The Morgan fingerprint density at radius 3 is 2.44 bits per heavy atom. The molecule has 0 fully saturated rings. The Labute approximate surface area is 200 Å².